The van der Waals surface area contributed by atoms with Gasteiger partial charge in [0.25, 0.3) is 0 Å². The summed E-state index contributed by atoms with van der Waals surface area (Å²) in [5, 5.41) is 11.5. The second-order valence-electron chi connectivity index (χ2n) is 5.80. The van der Waals surface area contributed by atoms with Crippen LogP contribution in [0.2, 0.25) is 0 Å². The van der Waals surface area contributed by atoms with Gasteiger partial charge in [-0.1, -0.05) is 41.3 Å². The molecule has 1 N–H and O–H groups in total. The first-order valence-corrected chi connectivity index (χ1v) is 10.1. The van der Waals surface area contributed by atoms with Crippen LogP contribution in [0.1, 0.15) is 18.3 Å². The van der Waals surface area contributed by atoms with Crippen LogP contribution < -0.4 is 5.32 Å². The van der Waals surface area contributed by atoms with Crippen LogP contribution in [-0.2, 0) is 11.8 Å². The fraction of sp³-hybridized carbons (Fsp3) is 0.294. The van der Waals surface area contributed by atoms with Gasteiger partial charge in [0.1, 0.15) is 0 Å². The predicted molar refractivity (Wildman–Crippen MR) is 109 cm³/mol. The largest absolute Gasteiger partial charge is 0.322 e. The Morgan fingerprint density at radius 2 is 1.96 bits per heavy atom. The molecule has 0 radical (unpaired) electrons. The molecule has 0 fully saturated rings. The molecule has 0 aliphatic heterocycles. The summed E-state index contributed by atoms with van der Waals surface area (Å²) in [7, 11) is 1.86. The van der Waals surface area contributed by atoms with Crippen LogP contribution in [0.3, 0.4) is 0 Å². The van der Waals surface area contributed by atoms with E-state index < -0.39 is 0 Å². The summed E-state index contributed by atoms with van der Waals surface area (Å²) in [4.78, 5) is 12.6. The van der Waals surface area contributed by atoms with Gasteiger partial charge in [0, 0.05) is 7.05 Å². The molecule has 0 bridgehead atoms. The summed E-state index contributed by atoms with van der Waals surface area (Å²) in [5.74, 6) is -0.0819. The predicted octanol–water partition coefficient (Wildman–Crippen LogP) is 4.13. The Hall–Kier alpha value is -1.97. The van der Waals surface area contributed by atoms with Crippen LogP contribution in [0.4, 0.5) is 5.69 Å². The maximum Gasteiger partial charge on any atom is 0.237 e. The Labute approximate surface area is 165 Å². The Balaban J connectivity index is 1.73. The third-order valence-electron chi connectivity index (χ3n) is 3.93. The normalized spacial score (nSPS) is 12.2. The summed E-state index contributed by atoms with van der Waals surface area (Å²) < 4.78 is 4.91. The van der Waals surface area contributed by atoms with E-state index in [1.54, 1.807) is 9.36 Å². The van der Waals surface area contributed by atoms with E-state index in [0.717, 1.165) is 27.1 Å². The summed E-state index contributed by atoms with van der Waals surface area (Å²) in [5.41, 5.74) is 3.42. The van der Waals surface area contributed by atoms with Gasteiger partial charge in [-0.25, -0.2) is 4.68 Å². The lowest BCUT2D eigenvalue weighted by Crippen LogP contribution is -2.23. The quantitative estimate of drug-likeness (QED) is 0.511. The van der Waals surface area contributed by atoms with Gasteiger partial charge in [0.05, 0.1) is 28.0 Å². The number of thioether (sulfide) groups is 1. The smallest absolute Gasteiger partial charge is 0.237 e. The second-order valence-corrected chi connectivity index (χ2v) is 9.01. The second kappa shape index (κ2) is 7.73. The zero-order chi connectivity index (χ0) is 18.8. The van der Waals surface area contributed by atoms with Gasteiger partial charge in [0.15, 0.2) is 8.29 Å². The average molecular weight is 406 g/mol. The van der Waals surface area contributed by atoms with Crippen LogP contribution in [0.15, 0.2) is 34.7 Å². The highest BCUT2D eigenvalue weighted by Gasteiger charge is 2.20. The first kappa shape index (κ1) is 18.8. The van der Waals surface area contributed by atoms with Crippen molar-refractivity contribution in [2.75, 3.05) is 5.32 Å². The molecule has 26 heavy (non-hydrogen) atoms. The molecule has 0 spiro atoms. The lowest BCUT2D eigenvalue weighted by molar-refractivity contribution is -0.115. The van der Waals surface area contributed by atoms with E-state index in [-0.39, 0.29) is 11.2 Å². The highest BCUT2D eigenvalue weighted by molar-refractivity contribution is 8.02. The summed E-state index contributed by atoms with van der Waals surface area (Å²) in [6, 6.07) is 9.74. The number of aryl methyl sites for hydroxylation is 2. The van der Waals surface area contributed by atoms with Gasteiger partial charge in [0.2, 0.25) is 5.91 Å². The third-order valence-corrected chi connectivity index (χ3v) is 6.35. The zero-order valence-electron chi connectivity index (χ0n) is 14.9. The first-order chi connectivity index (χ1) is 12.4. The van der Waals surface area contributed by atoms with Crippen LogP contribution in [0.5, 0.6) is 0 Å². The minimum absolute atomic E-state index is 0.0819. The Morgan fingerprint density at radius 1 is 1.27 bits per heavy atom. The van der Waals surface area contributed by atoms with Crippen molar-refractivity contribution in [2.45, 2.75) is 30.4 Å². The van der Waals surface area contributed by atoms with Gasteiger partial charge in [-0.15, -0.1) is 5.10 Å². The van der Waals surface area contributed by atoms with E-state index in [2.05, 4.69) is 15.5 Å². The lowest BCUT2D eigenvalue weighted by Gasteiger charge is -2.10. The van der Waals surface area contributed by atoms with Gasteiger partial charge >= 0.3 is 0 Å². The molecule has 1 atom stereocenters. The van der Waals surface area contributed by atoms with Crippen LogP contribution in [0.25, 0.3) is 5.69 Å². The molecule has 3 aromatic rings. The molecule has 0 saturated heterocycles. The van der Waals surface area contributed by atoms with Crippen molar-refractivity contribution < 1.29 is 4.79 Å². The minimum atomic E-state index is -0.307. The molecule has 1 amide bonds. The summed E-state index contributed by atoms with van der Waals surface area (Å²) >= 11 is 8.21. The summed E-state index contributed by atoms with van der Waals surface area (Å²) in [6.07, 6.45) is 0. The van der Waals surface area contributed by atoms with Gasteiger partial charge in [-0.05, 0) is 45.1 Å². The van der Waals surface area contributed by atoms with E-state index >= 15 is 0 Å². The number of aromatic nitrogens is 4. The molecule has 0 aliphatic rings. The number of amides is 1. The third kappa shape index (κ3) is 3.89. The van der Waals surface area contributed by atoms with Crippen molar-refractivity contribution >= 4 is 46.9 Å². The molecule has 1 aromatic carbocycles. The molecule has 0 aliphatic carbocycles. The number of nitrogens with zero attached hydrogens (tertiary/aromatic N) is 4. The van der Waals surface area contributed by atoms with Crippen molar-refractivity contribution in [2.24, 2.45) is 7.05 Å². The highest BCUT2D eigenvalue weighted by Crippen LogP contribution is 2.29. The summed E-state index contributed by atoms with van der Waals surface area (Å²) in [6.45, 7) is 5.67. The van der Waals surface area contributed by atoms with E-state index in [9.17, 15) is 4.79 Å². The number of carbonyl (C=O) groups excluding carboxylic acids is 1. The van der Waals surface area contributed by atoms with Crippen LogP contribution in [0, 0.1) is 17.8 Å². The number of carbonyl (C=O) groups is 1. The SMILES string of the molecule is Cc1nn(C)c(C)c1NC(=O)[C@@H](C)Sc1nn(-c2ccccc2)c(=S)s1. The van der Waals surface area contributed by atoms with E-state index in [1.165, 1.54) is 23.1 Å². The van der Waals surface area contributed by atoms with Crippen molar-refractivity contribution in [3.05, 3.63) is 45.7 Å². The molecule has 0 unspecified atom stereocenters. The van der Waals surface area contributed by atoms with Gasteiger partial charge in [-0.2, -0.15) is 5.10 Å². The number of nitrogens with one attached hydrogen (secondary N) is 1. The number of rotatable bonds is 5. The minimum Gasteiger partial charge on any atom is -0.322 e. The molecule has 0 saturated carbocycles. The average Bonchev–Trinajstić information content (AvgIpc) is 3.09. The Morgan fingerprint density at radius 3 is 2.58 bits per heavy atom. The molecule has 136 valence electrons. The van der Waals surface area contributed by atoms with Crippen LogP contribution >= 0.6 is 35.3 Å². The zero-order valence-corrected chi connectivity index (χ0v) is 17.3. The molecule has 3 rings (SSSR count). The maximum absolute atomic E-state index is 12.6. The highest BCUT2D eigenvalue weighted by atomic mass is 32.2. The van der Waals surface area contributed by atoms with E-state index in [0.29, 0.717) is 3.95 Å². The van der Waals surface area contributed by atoms with Crippen LogP contribution in [-0.4, -0.2) is 30.7 Å². The molecule has 2 aromatic heterocycles. The number of benzene rings is 1. The van der Waals surface area contributed by atoms with E-state index in [1.807, 2.05) is 58.2 Å². The first-order valence-electron chi connectivity index (χ1n) is 8.00. The molecule has 2 heterocycles. The number of anilines is 1. The fourth-order valence-electron chi connectivity index (χ4n) is 2.42. The molecule has 6 nitrogen and oxygen atoms in total. The van der Waals surface area contributed by atoms with Crippen molar-refractivity contribution in [3.63, 3.8) is 0 Å². The topological polar surface area (TPSA) is 64.7 Å². The molecule has 9 heteroatoms. The number of hydrogen-bond donors (Lipinski definition) is 1. The Kier molecular flexibility index (Phi) is 5.59. The maximum atomic E-state index is 12.6. The standard InChI is InChI=1S/C17H19N5OS3/c1-10-14(11(2)21(4)19-10)18-15(23)12(3)25-16-20-22(17(24)26-16)13-8-6-5-7-9-13/h5-9,12H,1-4H3,(H,18,23)/t12-/m1/s1. The molecular weight excluding hydrogens is 386 g/mol. The molecular formula is C17H19N5OS3. The van der Waals surface area contributed by atoms with Gasteiger partial charge in [-0.3, -0.25) is 9.48 Å². The lowest BCUT2D eigenvalue weighted by atomic mass is 10.3. The van der Waals surface area contributed by atoms with Gasteiger partial charge < -0.3 is 5.32 Å². The Bertz CT molecular complexity index is 990. The van der Waals surface area contributed by atoms with Crippen molar-refractivity contribution in [1.29, 1.82) is 0 Å². The number of para-hydroxylation sites is 1. The van der Waals surface area contributed by atoms with E-state index in [4.69, 9.17) is 12.2 Å². The van der Waals surface area contributed by atoms with Crippen molar-refractivity contribution in [3.8, 4) is 5.69 Å². The number of hydrogen-bond acceptors (Lipinski definition) is 6. The fourth-order valence-corrected chi connectivity index (χ4v) is 4.93. The van der Waals surface area contributed by atoms with Crippen molar-refractivity contribution in [1.82, 2.24) is 19.6 Å². The monoisotopic (exact) mass is 405 g/mol.